The number of nitrogens with zero attached hydrogens (tertiary/aromatic N) is 3. The van der Waals surface area contributed by atoms with E-state index in [-0.39, 0.29) is 18.1 Å². The molecule has 170 valence electrons. The number of nitrogens with one attached hydrogen (secondary N) is 1. The Balaban J connectivity index is 1.45. The molecular weight excluding hydrogens is 403 g/mol. The minimum Gasteiger partial charge on any atom is -0.356 e. The molecule has 0 spiro atoms. The van der Waals surface area contributed by atoms with Gasteiger partial charge in [-0.15, -0.1) is 0 Å². The summed E-state index contributed by atoms with van der Waals surface area (Å²) < 4.78 is 16.7. The third kappa shape index (κ3) is 5.01. The summed E-state index contributed by atoms with van der Waals surface area (Å²) in [6.07, 6.45) is 8.64. The first kappa shape index (κ1) is 22.5. The Morgan fingerprint density at radius 1 is 1.25 bits per heavy atom. The summed E-state index contributed by atoms with van der Waals surface area (Å²) in [5.74, 6) is -0.769. The molecule has 1 N–H and O–H groups in total. The highest BCUT2D eigenvalue weighted by molar-refractivity contribution is 5.77. The molecule has 1 amide bonds. The summed E-state index contributed by atoms with van der Waals surface area (Å²) in [6.45, 7) is 7.08. The van der Waals surface area contributed by atoms with E-state index in [1.807, 2.05) is 35.7 Å². The molecule has 0 radical (unpaired) electrons. The van der Waals surface area contributed by atoms with Crippen LogP contribution >= 0.6 is 0 Å². The number of rotatable bonds is 8. The maximum Gasteiger partial charge on any atom is 0.221 e. The number of hydrogen-bond donors (Lipinski definition) is 1. The van der Waals surface area contributed by atoms with E-state index in [9.17, 15) is 9.18 Å². The number of imidazole rings is 1. The average Bonchev–Trinajstić information content (AvgIpc) is 3.22. The van der Waals surface area contributed by atoms with Crippen molar-refractivity contribution in [3.8, 4) is 0 Å². The molecule has 5 nitrogen and oxygen atoms in total. The van der Waals surface area contributed by atoms with Gasteiger partial charge in [-0.2, -0.15) is 0 Å². The number of aryl methyl sites for hydroxylation is 1. The van der Waals surface area contributed by atoms with Crippen LogP contribution in [0.2, 0.25) is 0 Å². The summed E-state index contributed by atoms with van der Waals surface area (Å²) in [4.78, 5) is 19.9. The lowest BCUT2D eigenvalue weighted by molar-refractivity contribution is -0.121. The summed E-state index contributed by atoms with van der Waals surface area (Å²) in [5, 5.41) is 3.06. The van der Waals surface area contributed by atoms with Crippen molar-refractivity contribution in [2.75, 3.05) is 19.6 Å². The maximum atomic E-state index is 14.7. The SMILES string of the molecule is Cc1cccn2c(C(CC(=O)NCCCN3CCCCC3C)c3ccccc3F)cnc12. The molecule has 2 atom stereocenters. The first-order valence-electron chi connectivity index (χ1n) is 11.7. The van der Waals surface area contributed by atoms with Crippen LogP contribution in [0.25, 0.3) is 5.65 Å². The minimum absolute atomic E-state index is 0.0625. The van der Waals surface area contributed by atoms with Crippen LogP contribution in [0.5, 0.6) is 0 Å². The number of carbonyl (C=O) groups excluding carboxylic acids is 1. The lowest BCUT2D eigenvalue weighted by Crippen LogP contribution is -2.39. The van der Waals surface area contributed by atoms with Gasteiger partial charge in [0.05, 0.1) is 5.69 Å². The predicted octanol–water partition coefficient (Wildman–Crippen LogP) is 4.68. The van der Waals surface area contributed by atoms with Crippen molar-refractivity contribution in [3.05, 3.63) is 71.4 Å². The number of likely N-dealkylation sites (tertiary alicyclic amines) is 1. The quantitative estimate of drug-likeness (QED) is 0.522. The molecule has 3 heterocycles. The molecule has 0 saturated carbocycles. The van der Waals surface area contributed by atoms with E-state index in [1.165, 1.54) is 25.3 Å². The zero-order valence-corrected chi connectivity index (χ0v) is 19.1. The van der Waals surface area contributed by atoms with E-state index in [0.717, 1.165) is 36.4 Å². The van der Waals surface area contributed by atoms with E-state index in [0.29, 0.717) is 18.2 Å². The van der Waals surface area contributed by atoms with Crippen LogP contribution in [0.4, 0.5) is 4.39 Å². The monoisotopic (exact) mass is 436 g/mol. The van der Waals surface area contributed by atoms with Gasteiger partial charge < -0.3 is 14.6 Å². The van der Waals surface area contributed by atoms with Crippen LogP contribution in [0.15, 0.2) is 48.8 Å². The zero-order valence-electron chi connectivity index (χ0n) is 19.1. The Morgan fingerprint density at radius 2 is 2.09 bits per heavy atom. The van der Waals surface area contributed by atoms with Crippen molar-refractivity contribution in [2.45, 2.75) is 57.9 Å². The number of aromatic nitrogens is 2. The number of halogens is 1. The van der Waals surface area contributed by atoms with Gasteiger partial charge in [0.2, 0.25) is 5.91 Å². The number of pyridine rings is 1. The van der Waals surface area contributed by atoms with E-state index in [4.69, 9.17) is 0 Å². The van der Waals surface area contributed by atoms with Crippen molar-refractivity contribution >= 4 is 11.6 Å². The fraction of sp³-hybridized carbons (Fsp3) is 0.462. The highest BCUT2D eigenvalue weighted by Crippen LogP contribution is 2.31. The van der Waals surface area contributed by atoms with Gasteiger partial charge in [0.25, 0.3) is 0 Å². The largest absolute Gasteiger partial charge is 0.356 e. The molecule has 2 aromatic heterocycles. The Hall–Kier alpha value is -2.73. The smallest absolute Gasteiger partial charge is 0.221 e. The molecule has 4 rings (SSSR count). The fourth-order valence-electron chi connectivity index (χ4n) is 4.82. The first-order chi connectivity index (χ1) is 15.5. The van der Waals surface area contributed by atoms with Gasteiger partial charge in [-0.05, 0) is 62.9 Å². The molecule has 3 aromatic rings. The Morgan fingerprint density at radius 3 is 2.91 bits per heavy atom. The van der Waals surface area contributed by atoms with E-state index in [2.05, 4.69) is 22.1 Å². The molecule has 1 aliphatic heterocycles. The van der Waals surface area contributed by atoms with Crippen molar-refractivity contribution in [2.24, 2.45) is 0 Å². The third-order valence-corrected chi connectivity index (χ3v) is 6.67. The molecule has 1 saturated heterocycles. The van der Waals surface area contributed by atoms with Crippen molar-refractivity contribution in [3.63, 3.8) is 0 Å². The standard InChI is InChI=1S/C26H33FN4O/c1-19-9-7-16-31-24(18-29-26(19)31)22(21-11-3-4-12-23(21)27)17-25(32)28-13-8-15-30-14-6-5-10-20(30)2/h3-4,7,9,11-12,16,18,20,22H,5-6,8,10,13-15,17H2,1-2H3,(H,28,32). The van der Waals surface area contributed by atoms with Gasteiger partial charge in [0.15, 0.2) is 0 Å². The van der Waals surface area contributed by atoms with Crippen LogP contribution in [0.3, 0.4) is 0 Å². The van der Waals surface area contributed by atoms with Crippen LogP contribution < -0.4 is 5.32 Å². The van der Waals surface area contributed by atoms with E-state index >= 15 is 0 Å². The van der Waals surface area contributed by atoms with E-state index < -0.39 is 5.92 Å². The summed E-state index contributed by atoms with van der Waals surface area (Å²) in [6, 6.07) is 11.3. The van der Waals surface area contributed by atoms with Gasteiger partial charge in [0, 0.05) is 43.9 Å². The molecule has 0 aliphatic carbocycles. The molecule has 6 heteroatoms. The van der Waals surface area contributed by atoms with Gasteiger partial charge in [0.1, 0.15) is 11.5 Å². The third-order valence-electron chi connectivity index (χ3n) is 6.67. The number of benzene rings is 1. The van der Waals surface area contributed by atoms with Crippen molar-refractivity contribution in [1.82, 2.24) is 19.6 Å². The van der Waals surface area contributed by atoms with E-state index in [1.54, 1.807) is 18.3 Å². The Kier molecular flexibility index (Phi) is 7.20. The number of hydrogen-bond acceptors (Lipinski definition) is 3. The number of carbonyl (C=O) groups is 1. The summed E-state index contributed by atoms with van der Waals surface area (Å²) >= 11 is 0. The Bertz CT molecular complexity index is 1060. The highest BCUT2D eigenvalue weighted by atomic mass is 19.1. The second-order valence-corrected chi connectivity index (χ2v) is 8.93. The second kappa shape index (κ2) is 10.3. The number of piperidine rings is 1. The van der Waals surface area contributed by atoms with Crippen LogP contribution in [0.1, 0.15) is 61.8 Å². The van der Waals surface area contributed by atoms with Crippen molar-refractivity contribution in [1.29, 1.82) is 0 Å². The molecular formula is C26H33FN4O. The van der Waals surface area contributed by atoms with Crippen LogP contribution in [-0.4, -0.2) is 45.9 Å². The molecule has 0 bridgehead atoms. The molecule has 2 unspecified atom stereocenters. The van der Waals surface area contributed by atoms with Gasteiger partial charge >= 0.3 is 0 Å². The maximum absolute atomic E-state index is 14.7. The molecule has 1 aromatic carbocycles. The highest BCUT2D eigenvalue weighted by Gasteiger charge is 2.24. The normalized spacial score (nSPS) is 18.0. The zero-order chi connectivity index (χ0) is 22.5. The lowest BCUT2D eigenvalue weighted by Gasteiger charge is -2.33. The molecule has 1 aliphatic rings. The molecule has 32 heavy (non-hydrogen) atoms. The second-order valence-electron chi connectivity index (χ2n) is 8.93. The van der Waals surface area contributed by atoms with Gasteiger partial charge in [-0.3, -0.25) is 4.79 Å². The molecule has 1 fully saturated rings. The van der Waals surface area contributed by atoms with Gasteiger partial charge in [-0.25, -0.2) is 9.37 Å². The van der Waals surface area contributed by atoms with Crippen molar-refractivity contribution < 1.29 is 9.18 Å². The Labute approximate surface area is 189 Å². The van der Waals surface area contributed by atoms with Crippen LogP contribution in [0, 0.1) is 12.7 Å². The lowest BCUT2D eigenvalue weighted by atomic mass is 9.92. The van der Waals surface area contributed by atoms with Gasteiger partial charge in [-0.1, -0.05) is 30.7 Å². The summed E-state index contributed by atoms with van der Waals surface area (Å²) in [7, 11) is 0. The number of amides is 1. The summed E-state index contributed by atoms with van der Waals surface area (Å²) in [5.41, 5.74) is 3.22. The average molecular weight is 437 g/mol. The fourth-order valence-corrected chi connectivity index (χ4v) is 4.82. The topological polar surface area (TPSA) is 49.6 Å². The predicted molar refractivity (Wildman–Crippen MR) is 125 cm³/mol. The minimum atomic E-state index is -0.407. The van der Waals surface area contributed by atoms with Crippen LogP contribution in [-0.2, 0) is 4.79 Å². The number of fused-ring (bicyclic) bond motifs is 1. The first-order valence-corrected chi connectivity index (χ1v) is 11.7.